The van der Waals surface area contributed by atoms with Crippen molar-refractivity contribution < 1.29 is 23.1 Å². The molecule has 0 spiro atoms. The van der Waals surface area contributed by atoms with E-state index < -0.39 is 17.7 Å². The quantitative estimate of drug-likeness (QED) is 0.921. The van der Waals surface area contributed by atoms with Gasteiger partial charge in [-0.3, -0.25) is 4.98 Å². The third kappa shape index (κ3) is 2.36. The second-order valence-electron chi connectivity index (χ2n) is 4.19. The van der Waals surface area contributed by atoms with E-state index in [2.05, 4.69) is 10.1 Å². The number of hydrogen-bond donors (Lipinski definition) is 1. The van der Waals surface area contributed by atoms with E-state index in [4.69, 9.17) is 5.11 Å². The molecule has 0 saturated heterocycles. The van der Waals surface area contributed by atoms with E-state index in [1.54, 1.807) is 0 Å². The number of rotatable bonds is 2. The van der Waals surface area contributed by atoms with E-state index in [-0.39, 0.29) is 22.6 Å². The van der Waals surface area contributed by atoms with E-state index in [0.29, 0.717) is 6.20 Å². The van der Waals surface area contributed by atoms with Crippen molar-refractivity contribution in [1.29, 1.82) is 0 Å². The fourth-order valence-electron chi connectivity index (χ4n) is 1.90. The Bertz CT molecular complexity index is 677. The highest BCUT2D eigenvalue weighted by atomic mass is 19.4. The van der Waals surface area contributed by atoms with Crippen molar-refractivity contribution in [2.45, 2.75) is 20.0 Å². The van der Waals surface area contributed by atoms with Crippen molar-refractivity contribution in [2.75, 3.05) is 0 Å². The molecule has 0 radical (unpaired) electrons. The van der Waals surface area contributed by atoms with Crippen LogP contribution in [0.2, 0.25) is 0 Å². The van der Waals surface area contributed by atoms with Crippen LogP contribution in [0.5, 0.6) is 0 Å². The molecule has 1 N–H and O–H groups in total. The van der Waals surface area contributed by atoms with Crippen LogP contribution in [-0.4, -0.2) is 25.8 Å². The van der Waals surface area contributed by atoms with Gasteiger partial charge in [0.2, 0.25) is 0 Å². The van der Waals surface area contributed by atoms with Crippen LogP contribution >= 0.6 is 0 Å². The molecular weight excluding hydrogens is 275 g/mol. The van der Waals surface area contributed by atoms with Gasteiger partial charge in [0.15, 0.2) is 0 Å². The topological polar surface area (TPSA) is 68.0 Å². The predicted molar refractivity (Wildman–Crippen MR) is 62.8 cm³/mol. The molecule has 0 aliphatic heterocycles. The van der Waals surface area contributed by atoms with Crippen LogP contribution in [0.4, 0.5) is 13.2 Å². The summed E-state index contributed by atoms with van der Waals surface area (Å²) in [6.07, 6.45) is -2.62. The largest absolute Gasteiger partial charge is 0.478 e. The number of aromatic carboxylic acids is 1. The molecule has 0 aromatic carbocycles. The molecule has 2 rings (SSSR count). The Morgan fingerprint density at radius 2 is 1.95 bits per heavy atom. The zero-order valence-corrected chi connectivity index (χ0v) is 10.6. The molecule has 2 aromatic heterocycles. The monoisotopic (exact) mass is 285 g/mol. The Balaban J connectivity index is 2.58. The first-order chi connectivity index (χ1) is 9.21. The van der Waals surface area contributed by atoms with Gasteiger partial charge in [0.25, 0.3) is 0 Å². The molecule has 2 heterocycles. The number of halogens is 3. The summed E-state index contributed by atoms with van der Waals surface area (Å²) in [5.74, 6) is -1.17. The van der Waals surface area contributed by atoms with Gasteiger partial charge in [0.1, 0.15) is 5.56 Å². The first-order valence-corrected chi connectivity index (χ1v) is 5.54. The molecule has 0 amide bonds. The average Bonchev–Trinajstić information content (AvgIpc) is 2.64. The summed E-state index contributed by atoms with van der Waals surface area (Å²) in [4.78, 5) is 14.6. The zero-order chi connectivity index (χ0) is 15.1. The Hall–Kier alpha value is -2.38. The molecule has 0 fully saturated rings. The molecule has 0 unspecified atom stereocenters. The van der Waals surface area contributed by atoms with E-state index in [1.165, 1.54) is 20.0 Å². The van der Waals surface area contributed by atoms with Crippen molar-refractivity contribution in [3.05, 3.63) is 41.0 Å². The number of aryl methyl sites for hydroxylation is 1. The lowest BCUT2D eigenvalue weighted by Gasteiger charge is -2.09. The molecule has 8 heteroatoms. The van der Waals surface area contributed by atoms with Crippen LogP contribution in [-0.2, 0) is 6.18 Å². The fourth-order valence-corrected chi connectivity index (χ4v) is 1.90. The maximum absolute atomic E-state index is 12.6. The van der Waals surface area contributed by atoms with Gasteiger partial charge in [-0.05, 0) is 19.9 Å². The second kappa shape index (κ2) is 4.62. The lowest BCUT2D eigenvalue weighted by atomic mass is 10.2. The molecule has 0 atom stereocenters. The van der Waals surface area contributed by atoms with Crippen LogP contribution < -0.4 is 0 Å². The smallest absolute Gasteiger partial charge is 0.417 e. The van der Waals surface area contributed by atoms with Gasteiger partial charge in [0.05, 0.1) is 28.8 Å². The van der Waals surface area contributed by atoms with E-state index in [1.807, 2.05) is 0 Å². The number of hydrogen-bond acceptors (Lipinski definition) is 3. The molecule has 0 aliphatic rings. The van der Waals surface area contributed by atoms with Crippen molar-refractivity contribution in [1.82, 2.24) is 14.8 Å². The van der Waals surface area contributed by atoms with Crippen molar-refractivity contribution >= 4 is 5.97 Å². The summed E-state index contributed by atoms with van der Waals surface area (Å²) in [6.45, 7) is 2.96. The molecule has 20 heavy (non-hydrogen) atoms. The maximum Gasteiger partial charge on any atom is 0.417 e. The summed E-state index contributed by atoms with van der Waals surface area (Å²) >= 11 is 0. The lowest BCUT2D eigenvalue weighted by Crippen LogP contribution is -2.08. The van der Waals surface area contributed by atoms with E-state index >= 15 is 0 Å². The van der Waals surface area contributed by atoms with E-state index in [9.17, 15) is 18.0 Å². The first-order valence-electron chi connectivity index (χ1n) is 5.54. The Kier molecular flexibility index (Phi) is 3.24. The van der Waals surface area contributed by atoms with Crippen LogP contribution in [0.1, 0.15) is 27.3 Å². The molecule has 0 bridgehead atoms. The lowest BCUT2D eigenvalue weighted by molar-refractivity contribution is -0.137. The van der Waals surface area contributed by atoms with Gasteiger partial charge in [-0.25, -0.2) is 9.48 Å². The van der Waals surface area contributed by atoms with Crippen molar-refractivity contribution in [3.8, 4) is 5.69 Å². The van der Waals surface area contributed by atoms with Crippen molar-refractivity contribution in [2.24, 2.45) is 0 Å². The Labute approximate surface area is 111 Å². The molecule has 0 saturated carbocycles. The number of carboxylic acids is 1. The highest BCUT2D eigenvalue weighted by Crippen LogP contribution is 2.30. The third-order valence-electron chi connectivity index (χ3n) is 2.80. The number of carbonyl (C=O) groups is 1. The fraction of sp³-hybridized carbons (Fsp3) is 0.250. The van der Waals surface area contributed by atoms with Crippen LogP contribution in [0, 0.1) is 13.8 Å². The maximum atomic E-state index is 12.6. The summed E-state index contributed by atoms with van der Waals surface area (Å²) < 4.78 is 39.0. The van der Waals surface area contributed by atoms with Gasteiger partial charge in [-0.15, -0.1) is 0 Å². The third-order valence-corrected chi connectivity index (χ3v) is 2.80. The predicted octanol–water partition coefficient (Wildman–Crippen LogP) is 2.60. The number of alkyl halides is 3. The molecular formula is C12H10F3N3O2. The summed E-state index contributed by atoms with van der Waals surface area (Å²) in [5.41, 5.74) is -0.404. The molecule has 0 aliphatic carbocycles. The summed E-state index contributed by atoms with van der Waals surface area (Å²) in [6, 6.07) is 0.873. The number of pyridine rings is 1. The van der Waals surface area contributed by atoms with Crippen LogP contribution in [0.3, 0.4) is 0 Å². The minimum absolute atomic E-state index is 0.0255. The average molecular weight is 285 g/mol. The highest BCUT2D eigenvalue weighted by molar-refractivity contribution is 5.90. The number of aromatic nitrogens is 3. The minimum Gasteiger partial charge on any atom is -0.478 e. The first kappa shape index (κ1) is 14.0. The number of nitrogens with zero attached hydrogens (tertiary/aromatic N) is 3. The van der Waals surface area contributed by atoms with Gasteiger partial charge in [0, 0.05) is 6.20 Å². The minimum atomic E-state index is -4.52. The standard InChI is InChI=1S/C12H10F3N3O2/c1-6-10(11(19)20)7(2)18(17-6)9-3-8(4-16-5-9)12(13,14)15/h3-5H,1-2H3,(H,19,20). The molecule has 2 aromatic rings. The molecule has 5 nitrogen and oxygen atoms in total. The SMILES string of the molecule is Cc1nn(-c2cncc(C(F)(F)F)c2)c(C)c1C(=O)O. The Morgan fingerprint density at radius 1 is 1.30 bits per heavy atom. The second-order valence-corrected chi connectivity index (χ2v) is 4.19. The van der Waals surface area contributed by atoms with E-state index in [0.717, 1.165) is 10.7 Å². The van der Waals surface area contributed by atoms with Crippen LogP contribution in [0.25, 0.3) is 5.69 Å². The summed E-state index contributed by atoms with van der Waals surface area (Å²) in [7, 11) is 0. The van der Waals surface area contributed by atoms with Gasteiger partial charge >= 0.3 is 12.1 Å². The normalized spacial score (nSPS) is 11.7. The van der Waals surface area contributed by atoms with Crippen molar-refractivity contribution in [3.63, 3.8) is 0 Å². The number of carboxylic acid groups (broad SMARTS) is 1. The highest BCUT2D eigenvalue weighted by Gasteiger charge is 2.31. The summed E-state index contributed by atoms with van der Waals surface area (Å²) in [5, 5.41) is 13.0. The Morgan fingerprint density at radius 3 is 2.45 bits per heavy atom. The zero-order valence-electron chi connectivity index (χ0n) is 10.6. The molecule has 106 valence electrons. The van der Waals surface area contributed by atoms with Gasteiger partial charge < -0.3 is 5.11 Å². The van der Waals surface area contributed by atoms with Crippen LogP contribution in [0.15, 0.2) is 18.5 Å². The van der Waals surface area contributed by atoms with Gasteiger partial charge in [-0.1, -0.05) is 0 Å². The van der Waals surface area contributed by atoms with Gasteiger partial charge in [-0.2, -0.15) is 18.3 Å².